The second kappa shape index (κ2) is 4.28. The lowest BCUT2D eigenvalue weighted by Crippen LogP contribution is -2.45. The molecule has 0 aliphatic heterocycles. The Morgan fingerprint density at radius 3 is 1.90 bits per heavy atom. The maximum Gasteiger partial charge on any atom is 0.327 e. The van der Waals surface area contributed by atoms with Crippen molar-refractivity contribution in [3.8, 4) is 0 Å². The highest BCUT2D eigenvalue weighted by molar-refractivity contribution is 5.47. The first kappa shape index (κ1) is 9.43. The molecule has 0 spiro atoms. The molecule has 0 bridgehead atoms. The summed E-state index contributed by atoms with van der Waals surface area (Å²) in [5.74, 6) is 0. The summed E-state index contributed by atoms with van der Waals surface area (Å²) >= 11 is 0. The van der Waals surface area contributed by atoms with Crippen molar-refractivity contribution >= 4 is 6.41 Å². The summed E-state index contributed by atoms with van der Waals surface area (Å²) in [4.78, 5) is 10.2. The first-order chi connectivity index (χ1) is 4.57. The fourth-order valence-electron chi connectivity index (χ4n) is 0.559. The molecule has 0 aliphatic rings. The molecule has 0 heterocycles. The second-order valence-corrected chi connectivity index (χ2v) is 2.84. The van der Waals surface area contributed by atoms with Gasteiger partial charge in [0.15, 0.2) is 0 Å². The summed E-state index contributed by atoms with van der Waals surface area (Å²) in [6.45, 7) is 7.82. The summed E-state index contributed by atoms with van der Waals surface area (Å²) in [7, 11) is 0. The van der Waals surface area contributed by atoms with Crippen LogP contribution >= 0.6 is 0 Å². The summed E-state index contributed by atoms with van der Waals surface area (Å²) < 4.78 is 0. The van der Waals surface area contributed by atoms with E-state index in [1.165, 1.54) is 5.01 Å². The predicted octanol–water partition coefficient (Wildman–Crippen LogP) is 0.677. The molecule has 0 fully saturated rings. The lowest BCUT2D eigenvalue weighted by atomic mass is 10.4. The van der Waals surface area contributed by atoms with Crippen LogP contribution in [0.1, 0.15) is 27.7 Å². The molecule has 0 unspecified atom stereocenters. The molecule has 0 saturated heterocycles. The fraction of sp³-hybridized carbons (Fsp3) is 0.857. The van der Waals surface area contributed by atoms with Crippen molar-refractivity contribution in [3.63, 3.8) is 0 Å². The highest BCUT2D eigenvalue weighted by Gasteiger charge is 2.07. The molecule has 0 saturated carbocycles. The van der Waals surface area contributed by atoms with E-state index in [4.69, 9.17) is 0 Å². The maximum absolute atomic E-state index is 10.2. The zero-order valence-electron chi connectivity index (χ0n) is 7.01. The number of nitrogens with one attached hydrogen (secondary N) is 1. The van der Waals surface area contributed by atoms with Gasteiger partial charge in [0.2, 0.25) is 0 Å². The monoisotopic (exact) mass is 143 g/mol. The number of rotatable bonds is 4. The topological polar surface area (TPSA) is 32.3 Å². The minimum atomic E-state index is 0.167. The Morgan fingerprint density at radius 2 is 1.80 bits per heavy atom. The van der Waals surface area contributed by atoms with E-state index in [2.05, 4.69) is 5.43 Å². The molecular formula is C7H15N2O. The van der Waals surface area contributed by atoms with E-state index in [0.717, 1.165) is 0 Å². The molecule has 3 heteroatoms. The normalized spacial score (nSPS) is 10.6. The minimum Gasteiger partial charge on any atom is -0.267 e. The number of nitrogens with zero attached hydrogens (tertiary/aromatic N) is 1. The first-order valence-electron chi connectivity index (χ1n) is 3.51. The summed E-state index contributed by atoms with van der Waals surface area (Å²) in [6.07, 6.45) is 1.81. The number of carbonyl (C=O) groups excluding carboxylic acids is 1. The van der Waals surface area contributed by atoms with Crippen LogP contribution in [-0.2, 0) is 4.79 Å². The largest absolute Gasteiger partial charge is 0.327 e. The number of hydrazine groups is 1. The molecule has 0 aromatic carbocycles. The van der Waals surface area contributed by atoms with Gasteiger partial charge in [-0.1, -0.05) is 0 Å². The molecule has 1 amide bonds. The van der Waals surface area contributed by atoms with Crippen LogP contribution < -0.4 is 5.43 Å². The maximum atomic E-state index is 10.2. The average Bonchev–Trinajstić information content (AvgIpc) is 1.81. The molecule has 3 nitrogen and oxygen atoms in total. The lowest BCUT2D eigenvalue weighted by molar-refractivity contribution is 0.218. The van der Waals surface area contributed by atoms with Gasteiger partial charge in [0.05, 0.1) is 0 Å². The number of hydrogen-bond donors (Lipinski definition) is 1. The van der Waals surface area contributed by atoms with Gasteiger partial charge in [0.1, 0.15) is 0 Å². The predicted molar refractivity (Wildman–Crippen MR) is 40.9 cm³/mol. The van der Waals surface area contributed by atoms with Gasteiger partial charge in [-0.15, -0.1) is 0 Å². The molecule has 0 rings (SSSR count). The molecule has 0 aliphatic carbocycles. The van der Waals surface area contributed by atoms with Crippen LogP contribution in [0.5, 0.6) is 0 Å². The van der Waals surface area contributed by atoms with Crippen LogP contribution in [0.15, 0.2) is 0 Å². The fourth-order valence-corrected chi connectivity index (χ4v) is 0.559. The molecule has 1 N–H and O–H groups in total. The van der Waals surface area contributed by atoms with Gasteiger partial charge in [-0.05, 0) is 27.7 Å². The zero-order valence-corrected chi connectivity index (χ0v) is 7.01. The third kappa shape index (κ3) is 3.45. The molecule has 0 aromatic rings. The molecule has 59 valence electrons. The quantitative estimate of drug-likeness (QED) is 0.463. The minimum absolute atomic E-state index is 0.167. The molecule has 0 atom stereocenters. The van der Waals surface area contributed by atoms with E-state index >= 15 is 0 Å². The Labute approximate surface area is 62.4 Å². The Kier molecular flexibility index (Phi) is 4.03. The van der Waals surface area contributed by atoms with Gasteiger partial charge >= 0.3 is 6.41 Å². The third-order valence-electron chi connectivity index (χ3n) is 1.01. The molecular weight excluding hydrogens is 128 g/mol. The van der Waals surface area contributed by atoms with Crippen LogP contribution in [0, 0.1) is 0 Å². The van der Waals surface area contributed by atoms with Crippen LogP contribution in [-0.4, -0.2) is 23.5 Å². The lowest BCUT2D eigenvalue weighted by Gasteiger charge is -2.23. The van der Waals surface area contributed by atoms with E-state index in [-0.39, 0.29) is 12.1 Å². The zero-order chi connectivity index (χ0) is 8.15. The van der Waals surface area contributed by atoms with Crippen LogP contribution in [0.25, 0.3) is 0 Å². The second-order valence-electron chi connectivity index (χ2n) is 2.84. The van der Waals surface area contributed by atoms with E-state index in [0.29, 0.717) is 0 Å². The molecule has 0 aromatic heterocycles. The third-order valence-corrected chi connectivity index (χ3v) is 1.01. The van der Waals surface area contributed by atoms with Crippen molar-refractivity contribution in [1.29, 1.82) is 0 Å². The van der Waals surface area contributed by atoms with Crippen molar-refractivity contribution < 1.29 is 4.79 Å². The van der Waals surface area contributed by atoms with Gasteiger partial charge in [0, 0.05) is 12.1 Å². The van der Waals surface area contributed by atoms with Crippen molar-refractivity contribution in [2.45, 2.75) is 39.8 Å². The standard InChI is InChI=1S/C7H15N2O/c1-6(2)8-9(5-10)7(3)4/h6-8H,1-4H3. The van der Waals surface area contributed by atoms with Gasteiger partial charge in [0.25, 0.3) is 0 Å². The van der Waals surface area contributed by atoms with E-state index in [1.54, 1.807) is 6.41 Å². The summed E-state index contributed by atoms with van der Waals surface area (Å²) in [6, 6.07) is 0.448. The van der Waals surface area contributed by atoms with Crippen molar-refractivity contribution in [1.82, 2.24) is 10.4 Å². The SMILES string of the molecule is CC(C)NN([C]=O)C(C)C. The molecule has 1 radical (unpaired) electrons. The Balaban J connectivity index is 3.71. The molecule has 10 heavy (non-hydrogen) atoms. The number of amides is 1. The van der Waals surface area contributed by atoms with Crippen LogP contribution in [0.2, 0.25) is 0 Å². The highest BCUT2D eigenvalue weighted by atomic mass is 16.1. The van der Waals surface area contributed by atoms with Gasteiger partial charge in [-0.25, -0.2) is 5.43 Å². The van der Waals surface area contributed by atoms with Crippen LogP contribution in [0.4, 0.5) is 0 Å². The summed E-state index contributed by atoms with van der Waals surface area (Å²) in [5, 5.41) is 1.44. The van der Waals surface area contributed by atoms with Gasteiger partial charge in [-0.2, -0.15) is 0 Å². The van der Waals surface area contributed by atoms with Gasteiger partial charge in [-0.3, -0.25) is 9.80 Å². The van der Waals surface area contributed by atoms with E-state index in [9.17, 15) is 4.79 Å². The Hall–Kier alpha value is -0.570. The Morgan fingerprint density at radius 1 is 1.30 bits per heavy atom. The van der Waals surface area contributed by atoms with Gasteiger partial charge < -0.3 is 0 Å². The highest BCUT2D eigenvalue weighted by Crippen LogP contribution is 1.90. The van der Waals surface area contributed by atoms with Crippen molar-refractivity contribution in [3.05, 3.63) is 0 Å². The average molecular weight is 143 g/mol. The van der Waals surface area contributed by atoms with Crippen LogP contribution in [0.3, 0.4) is 0 Å². The van der Waals surface area contributed by atoms with E-state index < -0.39 is 0 Å². The number of hydrogen-bond acceptors (Lipinski definition) is 2. The van der Waals surface area contributed by atoms with Crippen molar-refractivity contribution in [2.24, 2.45) is 0 Å². The Bertz CT molecular complexity index is 102. The smallest absolute Gasteiger partial charge is 0.267 e. The van der Waals surface area contributed by atoms with Crippen molar-refractivity contribution in [2.75, 3.05) is 0 Å². The van der Waals surface area contributed by atoms with E-state index in [1.807, 2.05) is 27.7 Å². The first-order valence-corrected chi connectivity index (χ1v) is 3.51. The summed E-state index contributed by atoms with van der Waals surface area (Å²) in [5.41, 5.74) is 2.94.